The predicted molar refractivity (Wildman–Crippen MR) is 73.5 cm³/mol. The molecule has 0 fully saturated rings. The summed E-state index contributed by atoms with van der Waals surface area (Å²) in [6.45, 7) is 5.96. The van der Waals surface area contributed by atoms with Crippen LogP contribution in [-0.4, -0.2) is 52.2 Å². The molecule has 0 spiro atoms. The molecular formula is C13H24N2O5. The summed E-state index contributed by atoms with van der Waals surface area (Å²) >= 11 is 0. The Morgan fingerprint density at radius 1 is 1.15 bits per heavy atom. The first kappa shape index (κ1) is 18.2. The summed E-state index contributed by atoms with van der Waals surface area (Å²) in [7, 11) is 1.60. The summed E-state index contributed by atoms with van der Waals surface area (Å²) in [4.78, 5) is 34.8. The van der Waals surface area contributed by atoms with Crippen molar-refractivity contribution in [2.75, 3.05) is 7.05 Å². The molecule has 0 bridgehead atoms. The fourth-order valence-electron chi connectivity index (χ4n) is 1.82. The number of urea groups is 1. The molecule has 1 unspecified atom stereocenters. The molecule has 0 aliphatic carbocycles. The number of carbonyl (C=O) groups excluding carboxylic acids is 1. The monoisotopic (exact) mass is 288 g/mol. The van der Waals surface area contributed by atoms with Gasteiger partial charge in [0.15, 0.2) is 0 Å². The van der Waals surface area contributed by atoms with Crippen molar-refractivity contribution >= 4 is 18.0 Å². The van der Waals surface area contributed by atoms with Crippen molar-refractivity contribution < 1.29 is 24.6 Å². The summed E-state index contributed by atoms with van der Waals surface area (Å²) < 4.78 is 0. The van der Waals surface area contributed by atoms with Crippen LogP contribution in [0, 0.1) is 5.92 Å². The number of nitrogens with one attached hydrogen (secondary N) is 1. The minimum atomic E-state index is -1.23. The van der Waals surface area contributed by atoms with Gasteiger partial charge >= 0.3 is 18.0 Å². The van der Waals surface area contributed by atoms with Gasteiger partial charge in [-0.3, -0.25) is 4.79 Å². The number of amides is 2. The predicted octanol–water partition coefficient (Wildman–Crippen LogP) is 1.38. The molecule has 0 saturated carbocycles. The maximum atomic E-state index is 11.9. The molecule has 0 aliphatic rings. The fourth-order valence-corrected chi connectivity index (χ4v) is 1.82. The van der Waals surface area contributed by atoms with Crippen LogP contribution >= 0.6 is 0 Å². The van der Waals surface area contributed by atoms with E-state index in [0.29, 0.717) is 5.92 Å². The Kier molecular flexibility index (Phi) is 7.64. The Hall–Kier alpha value is -1.79. The smallest absolute Gasteiger partial charge is 0.326 e. The van der Waals surface area contributed by atoms with E-state index in [-0.39, 0.29) is 18.9 Å². The standard InChI is InChI=1S/C13H24N2O5/c1-8(2)7-9(3)15(4)13(20)14-10(12(18)19)5-6-11(16)17/h8-10H,5-7H2,1-4H3,(H,14,20)(H,16,17)(H,18,19)/t9?,10-/m0/s1. The first-order valence-electron chi connectivity index (χ1n) is 6.63. The summed E-state index contributed by atoms with van der Waals surface area (Å²) in [5, 5.41) is 19.9. The third-order valence-electron chi connectivity index (χ3n) is 3.04. The zero-order valence-corrected chi connectivity index (χ0v) is 12.4. The largest absolute Gasteiger partial charge is 0.481 e. The minimum absolute atomic E-state index is 0.0241. The number of carbonyl (C=O) groups is 3. The molecule has 0 aromatic carbocycles. The first-order valence-corrected chi connectivity index (χ1v) is 6.63. The molecule has 2 atom stereocenters. The number of hydrogen-bond acceptors (Lipinski definition) is 3. The number of hydrogen-bond donors (Lipinski definition) is 3. The van der Waals surface area contributed by atoms with Crippen LogP contribution in [0.15, 0.2) is 0 Å². The van der Waals surface area contributed by atoms with E-state index in [1.807, 2.05) is 20.8 Å². The molecule has 2 amide bonds. The minimum Gasteiger partial charge on any atom is -0.481 e. The van der Waals surface area contributed by atoms with Gasteiger partial charge in [0.1, 0.15) is 6.04 Å². The SMILES string of the molecule is CC(C)CC(C)N(C)C(=O)N[C@@H](CCC(=O)O)C(=O)O. The third kappa shape index (κ3) is 6.96. The van der Waals surface area contributed by atoms with E-state index in [0.717, 1.165) is 6.42 Å². The average Bonchev–Trinajstić information content (AvgIpc) is 2.31. The molecule has 20 heavy (non-hydrogen) atoms. The number of aliphatic carboxylic acids is 2. The van der Waals surface area contributed by atoms with Crippen LogP contribution in [-0.2, 0) is 9.59 Å². The van der Waals surface area contributed by atoms with Crippen molar-refractivity contribution in [2.24, 2.45) is 5.92 Å². The van der Waals surface area contributed by atoms with E-state index in [9.17, 15) is 14.4 Å². The Labute approximate surface area is 119 Å². The molecule has 116 valence electrons. The normalized spacial score (nSPS) is 13.7. The quantitative estimate of drug-likeness (QED) is 0.625. The molecule has 7 nitrogen and oxygen atoms in total. The first-order chi connectivity index (χ1) is 9.15. The van der Waals surface area contributed by atoms with Gasteiger partial charge in [0, 0.05) is 19.5 Å². The van der Waals surface area contributed by atoms with Crippen molar-refractivity contribution in [2.45, 2.75) is 52.1 Å². The Balaban J connectivity index is 4.51. The highest BCUT2D eigenvalue weighted by Gasteiger charge is 2.24. The highest BCUT2D eigenvalue weighted by atomic mass is 16.4. The van der Waals surface area contributed by atoms with Gasteiger partial charge in [0.25, 0.3) is 0 Å². The fraction of sp³-hybridized carbons (Fsp3) is 0.769. The highest BCUT2D eigenvalue weighted by Crippen LogP contribution is 2.10. The second-order valence-corrected chi connectivity index (χ2v) is 5.36. The van der Waals surface area contributed by atoms with Crippen LogP contribution in [0.1, 0.15) is 40.0 Å². The van der Waals surface area contributed by atoms with Crippen LogP contribution in [0.3, 0.4) is 0 Å². The molecule has 0 aromatic heterocycles. The maximum Gasteiger partial charge on any atom is 0.326 e. The van der Waals surface area contributed by atoms with E-state index in [1.54, 1.807) is 7.05 Å². The van der Waals surface area contributed by atoms with Gasteiger partial charge in [-0.15, -0.1) is 0 Å². The average molecular weight is 288 g/mol. The van der Waals surface area contributed by atoms with Gasteiger partial charge in [-0.05, 0) is 25.7 Å². The number of rotatable bonds is 8. The summed E-state index contributed by atoms with van der Waals surface area (Å²) in [6.07, 6.45) is 0.363. The molecule has 0 radical (unpaired) electrons. The summed E-state index contributed by atoms with van der Waals surface area (Å²) in [5.74, 6) is -1.90. The zero-order valence-electron chi connectivity index (χ0n) is 12.4. The van der Waals surface area contributed by atoms with Crippen LogP contribution in [0.25, 0.3) is 0 Å². The highest BCUT2D eigenvalue weighted by molar-refractivity contribution is 5.83. The number of carboxylic acids is 2. The van der Waals surface area contributed by atoms with E-state index >= 15 is 0 Å². The lowest BCUT2D eigenvalue weighted by atomic mass is 10.0. The van der Waals surface area contributed by atoms with Crippen molar-refractivity contribution in [3.05, 3.63) is 0 Å². The van der Waals surface area contributed by atoms with Crippen LogP contribution in [0.5, 0.6) is 0 Å². The lowest BCUT2D eigenvalue weighted by Crippen LogP contribution is -2.49. The van der Waals surface area contributed by atoms with Crippen molar-refractivity contribution in [3.8, 4) is 0 Å². The molecule has 0 saturated heterocycles. The van der Waals surface area contributed by atoms with Gasteiger partial charge in [0.2, 0.25) is 0 Å². The van der Waals surface area contributed by atoms with Gasteiger partial charge in [-0.25, -0.2) is 9.59 Å². The zero-order chi connectivity index (χ0) is 15.9. The molecule has 7 heteroatoms. The van der Waals surface area contributed by atoms with E-state index < -0.39 is 24.0 Å². The van der Waals surface area contributed by atoms with Crippen molar-refractivity contribution in [3.63, 3.8) is 0 Å². The summed E-state index contributed by atoms with van der Waals surface area (Å²) in [5.41, 5.74) is 0. The lowest BCUT2D eigenvalue weighted by molar-refractivity contribution is -0.140. The molecular weight excluding hydrogens is 264 g/mol. The van der Waals surface area contributed by atoms with Gasteiger partial charge in [-0.2, -0.15) is 0 Å². The van der Waals surface area contributed by atoms with Gasteiger partial charge in [-0.1, -0.05) is 13.8 Å². The third-order valence-corrected chi connectivity index (χ3v) is 3.04. The molecule has 0 aliphatic heterocycles. The van der Waals surface area contributed by atoms with Gasteiger partial charge < -0.3 is 20.4 Å². The number of nitrogens with zero attached hydrogens (tertiary/aromatic N) is 1. The van der Waals surface area contributed by atoms with E-state index in [2.05, 4.69) is 5.32 Å². The van der Waals surface area contributed by atoms with Crippen LogP contribution in [0.4, 0.5) is 4.79 Å². The molecule has 0 rings (SSSR count). The van der Waals surface area contributed by atoms with Crippen LogP contribution < -0.4 is 5.32 Å². The van der Waals surface area contributed by atoms with Crippen LogP contribution in [0.2, 0.25) is 0 Å². The Morgan fingerprint density at radius 2 is 1.70 bits per heavy atom. The Morgan fingerprint density at radius 3 is 2.10 bits per heavy atom. The topological polar surface area (TPSA) is 107 Å². The number of carboxylic acid groups (broad SMARTS) is 2. The van der Waals surface area contributed by atoms with Crippen molar-refractivity contribution in [1.82, 2.24) is 10.2 Å². The summed E-state index contributed by atoms with van der Waals surface area (Å²) in [6, 6.07) is -1.72. The van der Waals surface area contributed by atoms with Crippen molar-refractivity contribution in [1.29, 1.82) is 0 Å². The Bertz CT molecular complexity index is 357. The van der Waals surface area contributed by atoms with E-state index in [1.165, 1.54) is 4.90 Å². The molecule has 3 N–H and O–H groups in total. The van der Waals surface area contributed by atoms with Gasteiger partial charge in [0.05, 0.1) is 0 Å². The second kappa shape index (κ2) is 8.39. The second-order valence-electron chi connectivity index (χ2n) is 5.36. The molecule has 0 heterocycles. The lowest BCUT2D eigenvalue weighted by Gasteiger charge is -2.28. The maximum absolute atomic E-state index is 11.9. The molecule has 0 aromatic rings. The van der Waals surface area contributed by atoms with E-state index in [4.69, 9.17) is 10.2 Å².